The number of aryl methyl sites for hydroxylation is 1. The highest BCUT2D eigenvalue weighted by Gasteiger charge is 2.31. The molecule has 2 aromatic carbocycles. The number of aromatic nitrogens is 1. The van der Waals surface area contributed by atoms with Crippen LogP contribution in [0.3, 0.4) is 0 Å². The number of hydrogen-bond donors (Lipinski definition) is 0. The summed E-state index contributed by atoms with van der Waals surface area (Å²) in [4.78, 5) is 15.8. The topological polar surface area (TPSA) is 70.8 Å². The van der Waals surface area contributed by atoms with Crippen molar-refractivity contribution in [2.45, 2.75) is 26.1 Å². The van der Waals surface area contributed by atoms with Crippen molar-refractivity contribution in [2.75, 3.05) is 13.7 Å². The summed E-state index contributed by atoms with van der Waals surface area (Å²) in [6, 6.07) is 12.5. The molecule has 3 rings (SSSR count). The fraction of sp³-hybridized carbons (Fsp3) is 0.273. The molecule has 0 spiro atoms. The number of oxazole rings is 1. The fourth-order valence-corrected chi connectivity index (χ4v) is 2.86. The lowest BCUT2D eigenvalue weighted by atomic mass is 10.1. The van der Waals surface area contributed by atoms with Gasteiger partial charge in [0.2, 0.25) is 5.89 Å². The number of carbonyl (C=O) groups is 1. The van der Waals surface area contributed by atoms with Crippen LogP contribution in [0.15, 0.2) is 52.9 Å². The number of halogens is 3. The lowest BCUT2D eigenvalue weighted by Gasteiger charge is -2.08. The van der Waals surface area contributed by atoms with Crippen LogP contribution in [0.5, 0.6) is 11.5 Å². The molecular formula is C22H20F3NO5. The van der Waals surface area contributed by atoms with Crippen molar-refractivity contribution in [2.24, 2.45) is 0 Å². The maximum absolute atomic E-state index is 12.4. The molecular weight excluding hydrogens is 415 g/mol. The molecule has 0 radical (unpaired) electrons. The number of benzene rings is 2. The summed E-state index contributed by atoms with van der Waals surface area (Å²) in [5, 5.41) is 0. The number of hydrogen-bond acceptors (Lipinski definition) is 6. The average Bonchev–Trinajstić information content (AvgIpc) is 3.08. The van der Waals surface area contributed by atoms with E-state index in [0.717, 1.165) is 5.56 Å². The Balaban J connectivity index is 1.63. The van der Waals surface area contributed by atoms with E-state index in [2.05, 4.69) is 14.5 Å². The zero-order valence-electron chi connectivity index (χ0n) is 16.9. The van der Waals surface area contributed by atoms with E-state index in [0.29, 0.717) is 35.8 Å². The molecule has 0 atom stereocenters. The number of ether oxygens (including phenoxy) is 3. The average molecular weight is 435 g/mol. The second-order valence-corrected chi connectivity index (χ2v) is 6.60. The van der Waals surface area contributed by atoms with Crippen LogP contribution in [0.2, 0.25) is 0 Å². The number of esters is 1. The minimum Gasteiger partial charge on any atom is -0.493 e. The first-order valence-electron chi connectivity index (χ1n) is 9.34. The van der Waals surface area contributed by atoms with Crippen molar-refractivity contribution >= 4 is 5.97 Å². The van der Waals surface area contributed by atoms with Crippen LogP contribution in [0.1, 0.15) is 17.0 Å². The summed E-state index contributed by atoms with van der Waals surface area (Å²) >= 11 is 0. The molecule has 0 amide bonds. The quantitative estimate of drug-likeness (QED) is 0.470. The summed E-state index contributed by atoms with van der Waals surface area (Å²) in [5.74, 6) is 0.644. The van der Waals surface area contributed by atoms with Crippen LogP contribution in [-0.2, 0) is 22.4 Å². The summed E-state index contributed by atoms with van der Waals surface area (Å²) in [7, 11) is 1.33. The Bertz CT molecular complexity index is 1050. The molecule has 0 N–H and O–H groups in total. The monoisotopic (exact) mass is 435 g/mol. The highest BCUT2D eigenvalue weighted by atomic mass is 19.4. The van der Waals surface area contributed by atoms with E-state index in [-0.39, 0.29) is 24.0 Å². The highest BCUT2D eigenvalue weighted by Crippen LogP contribution is 2.28. The van der Waals surface area contributed by atoms with E-state index >= 15 is 0 Å². The van der Waals surface area contributed by atoms with Crippen molar-refractivity contribution in [1.82, 2.24) is 4.98 Å². The maximum Gasteiger partial charge on any atom is 0.573 e. The van der Waals surface area contributed by atoms with Crippen molar-refractivity contribution < 1.29 is 36.6 Å². The number of rotatable bonds is 8. The largest absolute Gasteiger partial charge is 0.573 e. The highest BCUT2D eigenvalue weighted by molar-refractivity contribution is 5.72. The molecule has 1 aromatic heterocycles. The van der Waals surface area contributed by atoms with Crippen molar-refractivity contribution in [3.05, 3.63) is 65.5 Å². The predicted molar refractivity (Wildman–Crippen MR) is 105 cm³/mol. The molecule has 0 aliphatic carbocycles. The van der Waals surface area contributed by atoms with Gasteiger partial charge in [0.1, 0.15) is 17.3 Å². The van der Waals surface area contributed by atoms with Crippen LogP contribution in [0.25, 0.3) is 11.5 Å². The number of carbonyl (C=O) groups excluding carboxylic acids is 1. The molecule has 0 aliphatic rings. The number of nitrogens with zero attached hydrogens (tertiary/aromatic N) is 1. The zero-order valence-corrected chi connectivity index (χ0v) is 16.9. The molecule has 31 heavy (non-hydrogen) atoms. The van der Waals surface area contributed by atoms with E-state index < -0.39 is 6.36 Å². The van der Waals surface area contributed by atoms with Crippen LogP contribution in [-0.4, -0.2) is 31.0 Å². The van der Waals surface area contributed by atoms with Gasteiger partial charge in [0.05, 0.1) is 25.8 Å². The van der Waals surface area contributed by atoms with Gasteiger partial charge in [-0.05, 0) is 42.8 Å². The SMILES string of the molecule is COC(=O)Cc1cccc(OCCc2nc(-c3cccc(OC(F)(F)F)c3)oc2C)c1. The van der Waals surface area contributed by atoms with E-state index in [1.807, 2.05) is 0 Å². The minimum atomic E-state index is -4.78. The van der Waals surface area contributed by atoms with E-state index in [4.69, 9.17) is 9.15 Å². The molecule has 0 saturated heterocycles. The Morgan fingerprint density at radius 3 is 2.58 bits per heavy atom. The fourth-order valence-electron chi connectivity index (χ4n) is 2.86. The second-order valence-electron chi connectivity index (χ2n) is 6.60. The normalized spacial score (nSPS) is 11.3. The van der Waals surface area contributed by atoms with Gasteiger partial charge in [-0.25, -0.2) is 4.98 Å². The third-order valence-corrected chi connectivity index (χ3v) is 4.29. The summed E-state index contributed by atoms with van der Waals surface area (Å²) in [5.41, 5.74) is 1.76. The third-order valence-electron chi connectivity index (χ3n) is 4.29. The Morgan fingerprint density at radius 1 is 1.10 bits per heavy atom. The molecule has 9 heteroatoms. The zero-order chi connectivity index (χ0) is 22.4. The summed E-state index contributed by atoms with van der Waals surface area (Å²) < 4.78 is 57.2. The van der Waals surface area contributed by atoms with Crippen molar-refractivity contribution in [3.8, 4) is 23.0 Å². The van der Waals surface area contributed by atoms with Gasteiger partial charge >= 0.3 is 12.3 Å². The first kappa shape index (κ1) is 22.2. The molecule has 1 heterocycles. The van der Waals surface area contributed by atoms with Crippen LogP contribution >= 0.6 is 0 Å². The molecule has 6 nitrogen and oxygen atoms in total. The van der Waals surface area contributed by atoms with Crippen LogP contribution in [0.4, 0.5) is 13.2 Å². The van der Waals surface area contributed by atoms with Gasteiger partial charge in [-0.2, -0.15) is 0 Å². The number of methoxy groups -OCH3 is 1. The molecule has 0 unspecified atom stereocenters. The Hall–Kier alpha value is -3.49. The van der Waals surface area contributed by atoms with Crippen molar-refractivity contribution in [3.63, 3.8) is 0 Å². The van der Waals surface area contributed by atoms with Crippen LogP contribution < -0.4 is 9.47 Å². The van der Waals surface area contributed by atoms with Gasteiger partial charge < -0.3 is 18.6 Å². The summed E-state index contributed by atoms with van der Waals surface area (Å²) in [6.45, 7) is 2.02. The van der Waals surface area contributed by atoms with Gasteiger partial charge in [-0.15, -0.1) is 13.2 Å². The van der Waals surface area contributed by atoms with Gasteiger partial charge in [0.15, 0.2) is 0 Å². The summed E-state index contributed by atoms with van der Waals surface area (Å²) in [6.07, 6.45) is -4.20. The van der Waals surface area contributed by atoms with Crippen molar-refractivity contribution in [1.29, 1.82) is 0 Å². The Morgan fingerprint density at radius 2 is 1.84 bits per heavy atom. The lowest BCUT2D eigenvalue weighted by Crippen LogP contribution is -2.17. The molecule has 164 valence electrons. The molecule has 3 aromatic rings. The lowest BCUT2D eigenvalue weighted by molar-refractivity contribution is -0.274. The second kappa shape index (κ2) is 9.55. The molecule has 0 fully saturated rings. The first-order chi connectivity index (χ1) is 14.7. The van der Waals surface area contributed by atoms with Gasteiger partial charge in [0, 0.05) is 12.0 Å². The van der Waals surface area contributed by atoms with E-state index in [1.165, 1.54) is 25.3 Å². The Labute approximate surface area is 176 Å². The molecule has 0 bridgehead atoms. The number of alkyl halides is 3. The minimum absolute atomic E-state index is 0.149. The Kier molecular flexibility index (Phi) is 6.84. The standard InChI is InChI=1S/C22H20F3NO5/c1-14-19(9-10-29-17-7-3-5-15(11-17)12-20(27)28-2)26-21(30-14)16-6-4-8-18(13-16)31-22(23,24)25/h3-8,11,13H,9-10,12H2,1-2H3. The predicted octanol–water partition coefficient (Wildman–Crippen LogP) is 4.89. The first-order valence-corrected chi connectivity index (χ1v) is 9.34. The van der Waals surface area contributed by atoms with E-state index in [9.17, 15) is 18.0 Å². The van der Waals surface area contributed by atoms with Gasteiger partial charge in [-0.3, -0.25) is 4.79 Å². The van der Waals surface area contributed by atoms with Crippen LogP contribution in [0, 0.1) is 6.92 Å². The van der Waals surface area contributed by atoms with Gasteiger partial charge in [0.25, 0.3) is 0 Å². The molecule has 0 saturated carbocycles. The third kappa shape index (κ3) is 6.50. The molecule has 0 aliphatic heterocycles. The smallest absolute Gasteiger partial charge is 0.493 e. The van der Waals surface area contributed by atoms with Gasteiger partial charge in [-0.1, -0.05) is 18.2 Å². The maximum atomic E-state index is 12.4. The van der Waals surface area contributed by atoms with E-state index in [1.54, 1.807) is 37.3 Å².